The van der Waals surface area contributed by atoms with Crippen LogP contribution in [-0.2, 0) is 17.5 Å². The summed E-state index contributed by atoms with van der Waals surface area (Å²) in [6, 6.07) is 4.68. The predicted molar refractivity (Wildman–Crippen MR) is 92.4 cm³/mol. The first-order valence-electron chi connectivity index (χ1n) is 8.82. The Balaban J connectivity index is 1.54. The Hall–Kier alpha value is -2.71. The van der Waals surface area contributed by atoms with E-state index in [0.29, 0.717) is 6.54 Å². The van der Waals surface area contributed by atoms with Gasteiger partial charge in [-0.15, -0.1) is 10.2 Å². The summed E-state index contributed by atoms with van der Waals surface area (Å²) >= 11 is 0. The van der Waals surface area contributed by atoms with E-state index in [0.717, 1.165) is 36.2 Å². The Bertz CT molecular complexity index is 828. The lowest BCUT2D eigenvalue weighted by Crippen LogP contribution is -2.29. The third kappa shape index (κ3) is 5.38. The molecule has 1 N–H and O–H groups in total. The van der Waals surface area contributed by atoms with Crippen molar-refractivity contribution in [3.63, 3.8) is 0 Å². The minimum absolute atomic E-state index is 0.0428. The quantitative estimate of drug-likeness (QED) is 0.781. The first-order chi connectivity index (χ1) is 12.9. The maximum absolute atomic E-state index is 12.8. The van der Waals surface area contributed by atoms with Gasteiger partial charge in [-0.25, -0.2) is 0 Å². The highest BCUT2D eigenvalue weighted by Gasteiger charge is 2.30. The Labute approximate surface area is 154 Å². The highest BCUT2D eigenvalue weighted by molar-refractivity contribution is 5.75. The Morgan fingerprint density at radius 3 is 2.85 bits per heavy atom. The number of amides is 1. The van der Waals surface area contributed by atoms with Crippen molar-refractivity contribution in [3.05, 3.63) is 41.5 Å². The molecule has 0 unspecified atom stereocenters. The van der Waals surface area contributed by atoms with Gasteiger partial charge in [-0.1, -0.05) is 23.8 Å². The normalized spacial score (nSPS) is 14.7. The van der Waals surface area contributed by atoms with E-state index >= 15 is 0 Å². The van der Waals surface area contributed by atoms with Gasteiger partial charge in [0.2, 0.25) is 11.7 Å². The van der Waals surface area contributed by atoms with Gasteiger partial charge in [-0.05, 0) is 49.5 Å². The molecule has 9 heteroatoms. The van der Waals surface area contributed by atoms with Crippen LogP contribution in [0, 0.1) is 0 Å². The summed E-state index contributed by atoms with van der Waals surface area (Å²) in [6.07, 6.45) is 3.22. The van der Waals surface area contributed by atoms with Crippen molar-refractivity contribution in [2.24, 2.45) is 0 Å². The molecule has 0 saturated carbocycles. The number of halogens is 3. The lowest BCUT2D eigenvalue weighted by atomic mass is 9.97. The Morgan fingerprint density at radius 2 is 2.11 bits per heavy atom. The van der Waals surface area contributed by atoms with Crippen LogP contribution in [0.15, 0.2) is 35.9 Å². The molecule has 1 heterocycles. The number of carbonyl (C=O) groups excluding carboxylic acids is 1. The molecule has 3 rings (SSSR count). The number of carbonyl (C=O) groups is 1. The molecular formula is C18H20F3N5O. The van der Waals surface area contributed by atoms with Gasteiger partial charge in [-0.2, -0.15) is 18.0 Å². The van der Waals surface area contributed by atoms with Gasteiger partial charge in [-0.3, -0.25) is 4.79 Å². The third-order valence-corrected chi connectivity index (χ3v) is 4.34. The number of hydrogen-bond acceptors (Lipinski definition) is 4. The maximum atomic E-state index is 12.8. The van der Waals surface area contributed by atoms with Gasteiger partial charge in [0.25, 0.3) is 0 Å². The zero-order valence-electron chi connectivity index (χ0n) is 14.7. The third-order valence-electron chi connectivity index (χ3n) is 4.34. The van der Waals surface area contributed by atoms with Gasteiger partial charge < -0.3 is 5.32 Å². The summed E-state index contributed by atoms with van der Waals surface area (Å²) in [7, 11) is 0. The molecule has 1 aromatic carbocycles. The lowest BCUT2D eigenvalue weighted by Gasteiger charge is -2.12. The largest absolute Gasteiger partial charge is 0.416 e. The van der Waals surface area contributed by atoms with E-state index in [1.807, 2.05) is 0 Å². The van der Waals surface area contributed by atoms with Crippen molar-refractivity contribution < 1.29 is 18.0 Å². The molecule has 0 aliphatic heterocycles. The second-order valence-corrected chi connectivity index (χ2v) is 6.43. The zero-order chi connectivity index (χ0) is 19.3. The molecule has 0 atom stereocenters. The molecule has 0 radical (unpaired) electrons. The minimum Gasteiger partial charge on any atom is -0.354 e. The van der Waals surface area contributed by atoms with Crippen LogP contribution in [0.4, 0.5) is 13.2 Å². The van der Waals surface area contributed by atoms with Crippen molar-refractivity contribution in [3.8, 4) is 11.4 Å². The molecule has 1 aromatic heterocycles. The van der Waals surface area contributed by atoms with Crippen LogP contribution < -0.4 is 5.32 Å². The lowest BCUT2D eigenvalue weighted by molar-refractivity contribution is -0.137. The fraction of sp³-hybridized carbons (Fsp3) is 0.444. The number of hydrogen-bond donors (Lipinski definition) is 1. The number of allylic oxidation sites excluding steroid dienone is 1. The van der Waals surface area contributed by atoms with Crippen molar-refractivity contribution >= 4 is 5.91 Å². The molecule has 0 saturated heterocycles. The van der Waals surface area contributed by atoms with E-state index in [2.05, 4.69) is 26.8 Å². The molecule has 2 aromatic rings. The fourth-order valence-electron chi connectivity index (χ4n) is 2.94. The number of benzene rings is 1. The molecule has 6 nitrogen and oxygen atoms in total. The number of nitrogens with one attached hydrogen (secondary N) is 1. The van der Waals surface area contributed by atoms with E-state index in [1.54, 1.807) is 0 Å². The number of nitrogens with zero attached hydrogens (tertiary/aromatic N) is 4. The number of aromatic nitrogens is 4. The fourth-order valence-corrected chi connectivity index (χ4v) is 2.94. The van der Waals surface area contributed by atoms with Crippen LogP contribution in [0.1, 0.15) is 37.7 Å². The van der Waals surface area contributed by atoms with E-state index in [-0.39, 0.29) is 23.8 Å². The smallest absolute Gasteiger partial charge is 0.354 e. The van der Waals surface area contributed by atoms with E-state index in [9.17, 15) is 18.0 Å². The van der Waals surface area contributed by atoms with Crippen LogP contribution in [0.25, 0.3) is 11.4 Å². The summed E-state index contributed by atoms with van der Waals surface area (Å²) in [4.78, 5) is 13.1. The summed E-state index contributed by atoms with van der Waals surface area (Å²) in [5.74, 6) is -0.222. The van der Waals surface area contributed by atoms with Gasteiger partial charge in [0.1, 0.15) is 6.54 Å². The molecule has 144 valence electrons. The van der Waals surface area contributed by atoms with E-state index < -0.39 is 11.7 Å². The summed E-state index contributed by atoms with van der Waals surface area (Å²) in [6.45, 7) is 0.408. The van der Waals surface area contributed by atoms with Crippen molar-refractivity contribution in [2.45, 2.75) is 44.8 Å². The molecular weight excluding hydrogens is 359 g/mol. The average molecular weight is 379 g/mol. The number of tetrazole rings is 1. The van der Waals surface area contributed by atoms with Gasteiger partial charge in [0.05, 0.1) is 5.56 Å². The Morgan fingerprint density at radius 1 is 1.26 bits per heavy atom. The highest BCUT2D eigenvalue weighted by atomic mass is 19.4. The first-order valence-corrected chi connectivity index (χ1v) is 8.82. The van der Waals surface area contributed by atoms with Crippen molar-refractivity contribution in [1.82, 2.24) is 25.5 Å². The van der Waals surface area contributed by atoms with Gasteiger partial charge in [0.15, 0.2) is 0 Å². The molecule has 27 heavy (non-hydrogen) atoms. The van der Waals surface area contributed by atoms with Crippen LogP contribution in [0.5, 0.6) is 0 Å². The SMILES string of the molecule is O=C(Cn1nnc(-c2cccc(C(F)(F)F)c2)n1)NCCC1=CCCCC1. The van der Waals surface area contributed by atoms with Crippen molar-refractivity contribution in [1.29, 1.82) is 0 Å². The zero-order valence-corrected chi connectivity index (χ0v) is 14.7. The first kappa shape index (κ1) is 19.1. The molecule has 0 spiro atoms. The molecule has 0 fully saturated rings. The summed E-state index contributed by atoms with van der Waals surface area (Å²) in [5.41, 5.74) is 0.777. The number of rotatable bonds is 6. The van der Waals surface area contributed by atoms with Crippen LogP contribution in [0.3, 0.4) is 0 Å². The minimum atomic E-state index is -4.44. The topological polar surface area (TPSA) is 72.7 Å². The second-order valence-electron chi connectivity index (χ2n) is 6.43. The monoisotopic (exact) mass is 379 g/mol. The molecule has 0 bridgehead atoms. The van der Waals surface area contributed by atoms with Gasteiger partial charge in [0, 0.05) is 12.1 Å². The standard InChI is InChI=1S/C18H20F3N5O/c19-18(20,21)15-8-4-7-14(11-15)17-23-25-26(24-17)12-16(27)22-10-9-13-5-2-1-3-6-13/h4-5,7-8,11H,1-3,6,9-10,12H2,(H,22,27). The maximum Gasteiger partial charge on any atom is 0.416 e. The van der Waals surface area contributed by atoms with E-state index in [4.69, 9.17) is 0 Å². The van der Waals surface area contributed by atoms with Crippen LogP contribution >= 0.6 is 0 Å². The number of alkyl halides is 3. The second kappa shape index (κ2) is 8.32. The van der Waals surface area contributed by atoms with Crippen LogP contribution in [-0.4, -0.2) is 32.7 Å². The molecule has 1 amide bonds. The highest BCUT2D eigenvalue weighted by Crippen LogP contribution is 2.31. The van der Waals surface area contributed by atoms with E-state index in [1.165, 1.54) is 30.5 Å². The summed E-state index contributed by atoms with van der Waals surface area (Å²) in [5, 5.41) is 14.3. The van der Waals surface area contributed by atoms with Crippen LogP contribution in [0.2, 0.25) is 0 Å². The van der Waals surface area contributed by atoms with Crippen molar-refractivity contribution in [2.75, 3.05) is 6.54 Å². The molecule has 1 aliphatic carbocycles. The average Bonchev–Trinajstić information content (AvgIpc) is 3.10. The van der Waals surface area contributed by atoms with Gasteiger partial charge >= 0.3 is 6.18 Å². The predicted octanol–water partition coefficient (Wildman–Crippen LogP) is 3.37. The summed E-state index contributed by atoms with van der Waals surface area (Å²) < 4.78 is 38.4. The molecule has 1 aliphatic rings. The Kier molecular flexibility index (Phi) is 5.88.